The van der Waals surface area contributed by atoms with E-state index >= 15 is 0 Å². The SMILES string of the molecule is CCOc1ccc(S(C)(=O)=O)cc1C(=O)Cl. The Morgan fingerprint density at radius 3 is 2.50 bits per heavy atom. The minimum absolute atomic E-state index is 0.0416. The van der Waals surface area contributed by atoms with Gasteiger partial charge in [-0.25, -0.2) is 8.42 Å². The Morgan fingerprint density at radius 2 is 2.06 bits per heavy atom. The van der Waals surface area contributed by atoms with Gasteiger partial charge in [0.25, 0.3) is 5.24 Å². The first kappa shape index (κ1) is 13.0. The van der Waals surface area contributed by atoms with Crippen molar-refractivity contribution in [3.05, 3.63) is 23.8 Å². The summed E-state index contributed by atoms with van der Waals surface area (Å²) in [6.07, 6.45) is 1.06. The zero-order valence-electron chi connectivity index (χ0n) is 8.86. The first-order valence-electron chi connectivity index (χ1n) is 4.53. The number of benzene rings is 1. The minimum Gasteiger partial charge on any atom is -0.493 e. The molecule has 0 saturated heterocycles. The highest BCUT2D eigenvalue weighted by atomic mass is 35.5. The number of carbonyl (C=O) groups is 1. The van der Waals surface area contributed by atoms with Gasteiger partial charge in [0.05, 0.1) is 17.1 Å². The molecule has 1 rings (SSSR count). The van der Waals surface area contributed by atoms with Gasteiger partial charge in [-0.2, -0.15) is 0 Å². The molecule has 0 bridgehead atoms. The maximum absolute atomic E-state index is 11.3. The molecule has 1 aromatic carbocycles. The highest BCUT2D eigenvalue weighted by Gasteiger charge is 2.15. The van der Waals surface area contributed by atoms with E-state index in [9.17, 15) is 13.2 Å². The van der Waals surface area contributed by atoms with Crippen molar-refractivity contribution in [3.8, 4) is 5.75 Å². The predicted octanol–water partition coefficient (Wildman–Crippen LogP) is 1.87. The number of hydrogen-bond donors (Lipinski definition) is 0. The number of sulfone groups is 1. The van der Waals surface area contributed by atoms with E-state index in [4.69, 9.17) is 16.3 Å². The lowest BCUT2D eigenvalue weighted by Gasteiger charge is -2.08. The van der Waals surface area contributed by atoms with Crippen molar-refractivity contribution in [2.45, 2.75) is 11.8 Å². The fraction of sp³-hybridized carbons (Fsp3) is 0.300. The minimum atomic E-state index is -3.36. The second-order valence-corrected chi connectivity index (χ2v) is 5.50. The van der Waals surface area contributed by atoms with Gasteiger partial charge in [-0.05, 0) is 36.7 Å². The van der Waals surface area contributed by atoms with E-state index < -0.39 is 15.1 Å². The Balaban J connectivity index is 3.34. The maximum Gasteiger partial charge on any atom is 0.256 e. The van der Waals surface area contributed by atoms with Crippen LogP contribution < -0.4 is 4.74 Å². The van der Waals surface area contributed by atoms with E-state index in [2.05, 4.69) is 0 Å². The standard InChI is InChI=1S/C10H11ClO4S/c1-3-15-9-5-4-7(16(2,13)14)6-8(9)10(11)12/h4-6H,3H2,1-2H3. The van der Waals surface area contributed by atoms with E-state index in [1.165, 1.54) is 18.2 Å². The normalized spacial score (nSPS) is 11.2. The van der Waals surface area contributed by atoms with Crippen molar-refractivity contribution < 1.29 is 17.9 Å². The maximum atomic E-state index is 11.3. The molecule has 0 radical (unpaired) electrons. The molecule has 0 saturated carbocycles. The molecule has 0 amide bonds. The van der Waals surface area contributed by atoms with Crippen molar-refractivity contribution in [1.82, 2.24) is 0 Å². The topological polar surface area (TPSA) is 60.4 Å². The molecule has 0 atom stereocenters. The summed E-state index contributed by atoms with van der Waals surface area (Å²) in [7, 11) is -3.36. The molecule has 0 fully saturated rings. The molecule has 0 aliphatic heterocycles. The van der Waals surface area contributed by atoms with E-state index in [0.717, 1.165) is 6.26 Å². The zero-order valence-corrected chi connectivity index (χ0v) is 10.4. The van der Waals surface area contributed by atoms with Crippen LogP contribution in [0, 0.1) is 0 Å². The average Bonchev–Trinajstić information content (AvgIpc) is 2.16. The number of hydrogen-bond acceptors (Lipinski definition) is 4. The quantitative estimate of drug-likeness (QED) is 0.777. The summed E-state index contributed by atoms with van der Waals surface area (Å²) in [5, 5.41) is -0.742. The summed E-state index contributed by atoms with van der Waals surface area (Å²) in [6, 6.07) is 4.02. The van der Waals surface area contributed by atoms with Crippen LogP contribution in [-0.4, -0.2) is 26.5 Å². The number of carbonyl (C=O) groups excluding carboxylic acids is 1. The third kappa shape index (κ3) is 2.96. The van der Waals surface area contributed by atoms with Crippen LogP contribution in [0.1, 0.15) is 17.3 Å². The van der Waals surface area contributed by atoms with Crippen LogP contribution in [0.2, 0.25) is 0 Å². The van der Waals surface area contributed by atoms with Crippen LogP contribution >= 0.6 is 11.6 Å². The zero-order chi connectivity index (χ0) is 12.3. The van der Waals surface area contributed by atoms with Gasteiger partial charge in [-0.3, -0.25) is 4.79 Å². The van der Waals surface area contributed by atoms with Crippen LogP contribution in [-0.2, 0) is 9.84 Å². The van der Waals surface area contributed by atoms with Crippen LogP contribution in [0.25, 0.3) is 0 Å². The summed E-state index contributed by atoms with van der Waals surface area (Å²) in [5.41, 5.74) is 0.0615. The van der Waals surface area contributed by atoms with Gasteiger partial charge in [-0.1, -0.05) is 0 Å². The van der Waals surface area contributed by atoms with E-state index in [-0.39, 0.29) is 16.2 Å². The summed E-state index contributed by atoms with van der Waals surface area (Å²) >= 11 is 5.35. The Bertz CT molecular complexity index is 508. The first-order valence-corrected chi connectivity index (χ1v) is 6.80. The molecule has 0 spiro atoms. The van der Waals surface area contributed by atoms with Gasteiger partial charge in [0, 0.05) is 6.26 Å². The van der Waals surface area contributed by atoms with Gasteiger partial charge in [0.15, 0.2) is 9.84 Å². The molecule has 4 nitrogen and oxygen atoms in total. The third-order valence-electron chi connectivity index (χ3n) is 1.89. The molecule has 0 unspecified atom stereocenters. The molecular formula is C10H11ClO4S. The lowest BCUT2D eigenvalue weighted by Crippen LogP contribution is -2.03. The fourth-order valence-electron chi connectivity index (χ4n) is 1.17. The molecule has 6 heteroatoms. The summed E-state index contributed by atoms with van der Waals surface area (Å²) < 4.78 is 27.7. The fourth-order valence-corrected chi connectivity index (χ4v) is 1.97. The molecule has 16 heavy (non-hydrogen) atoms. The predicted molar refractivity (Wildman–Crippen MR) is 60.9 cm³/mol. The molecule has 0 aliphatic carbocycles. The van der Waals surface area contributed by atoms with Crippen molar-refractivity contribution in [2.75, 3.05) is 12.9 Å². The molecule has 0 heterocycles. The highest BCUT2D eigenvalue weighted by molar-refractivity contribution is 7.90. The Morgan fingerprint density at radius 1 is 1.44 bits per heavy atom. The molecule has 88 valence electrons. The molecule has 1 aromatic rings. The number of rotatable bonds is 4. The van der Waals surface area contributed by atoms with E-state index in [1.807, 2.05) is 0 Å². The lowest BCUT2D eigenvalue weighted by molar-refractivity contribution is 0.107. The van der Waals surface area contributed by atoms with E-state index in [1.54, 1.807) is 6.92 Å². The van der Waals surface area contributed by atoms with Gasteiger partial charge in [0.2, 0.25) is 0 Å². The van der Waals surface area contributed by atoms with E-state index in [0.29, 0.717) is 6.61 Å². The van der Waals surface area contributed by atoms with Crippen LogP contribution in [0.5, 0.6) is 5.75 Å². The van der Waals surface area contributed by atoms with Crippen molar-refractivity contribution >= 4 is 26.7 Å². The summed E-state index contributed by atoms with van der Waals surface area (Å²) in [6.45, 7) is 2.13. The molecule has 0 aromatic heterocycles. The second-order valence-electron chi connectivity index (χ2n) is 3.14. The van der Waals surface area contributed by atoms with Crippen LogP contribution in [0.4, 0.5) is 0 Å². The Kier molecular flexibility index (Phi) is 3.93. The average molecular weight is 263 g/mol. The van der Waals surface area contributed by atoms with Crippen molar-refractivity contribution in [2.24, 2.45) is 0 Å². The largest absolute Gasteiger partial charge is 0.493 e. The third-order valence-corrected chi connectivity index (χ3v) is 3.20. The van der Waals surface area contributed by atoms with Crippen molar-refractivity contribution in [3.63, 3.8) is 0 Å². The van der Waals surface area contributed by atoms with Crippen LogP contribution in [0.3, 0.4) is 0 Å². The van der Waals surface area contributed by atoms with Gasteiger partial charge < -0.3 is 4.74 Å². The molecule has 0 N–H and O–H groups in total. The van der Waals surface area contributed by atoms with Gasteiger partial charge >= 0.3 is 0 Å². The summed E-state index contributed by atoms with van der Waals surface area (Å²) in [5.74, 6) is 0.287. The molecular weight excluding hydrogens is 252 g/mol. The Hall–Kier alpha value is -1.07. The molecule has 0 aliphatic rings. The summed E-state index contributed by atoms with van der Waals surface area (Å²) in [4.78, 5) is 11.2. The monoisotopic (exact) mass is 262 g/mol. The highest BCUT2D eigenvalue weighted by Crippen LogP contribution is 2.24. The Labute approximate surface area is 99.1 Å². The smallest absolute Gasteiger partial charge is 0.256 e. The number of ether oxygens (including phenoxy) is 1. The van der Waals surface area contributed by atoms with Crippen LogP contribution in [0.15, 0.2) is 23.1 Å². The lowest BCUT2D eigenvalue weighted by atomic mass is 10.2. The first-order chi connectivity index (χ1) is 7.36. The number of halogens is 1. The van der Waals surface area contributed by atoms with Gasteiger partial charge in [0.1, 0.15) is 5.75 Å². The second kappa shape index (κ2) is 4.84. The van der Waals surface area contributed by atoms with Gasteiger partial charge in [-0.15, -0.1) is 0 Å². The van der Waals surface area contributed by atoms with Crippen molar-refractivity contribution in [1.29, 1.82) is 0 Å².